The Morgan fingerprint density at radius 3 is 2.44 bits per heavy atom. The molecule has 11 nitrogen and oxygen atoms in total. The monoisotopic (exact) mass is 553 g/mol. The van der Waals surface area contributed by atoms with Gasteiger partial charge < -0.3 is 16.6 Å². The van der Waals surface area contributed by atoms with Crippen LogP contribution in [0.15, 0.2) is 72.9 Å². The van der Waals surface area contributed by atoms with Gasteiger partial charge in [-0.1, -0.05) is 42.5 Å². The number of rotatable bonds is 6. The fourth-order valence-electron chi connectivity index (χ4n) is 4.58. The van der Waals surface area contributed by atoms with E-state index in [1.54, 1.807) is 24.3 Å². The van der Waals surface area contributed by atoms with E-state index >= 15 is 0 Å². The average molecular weight is 554 g/mol. The van der Waals surface area contributed by atoms with Crippen molar-refractivity contribution in [3.8, 4) is 5.95 Å². The molecular formula is C28H21F2N9O2. The predicted molar refractivity (Wildman–Crippen MR) is 148 cm³/mol. The number of anilines is 3. The van der Waals surface area contributed by atoms with Crippen LogP contribution in [0.2, 0.25) is 0 Å². The number of fused-ring (bicyclic) bond motifs is 2. The largest absolute Gasteiger partial charge is 0.465 e. The molecular weight excluding hydrogens is 532 g/mol. The molecule has 0 spiro atoms. The molecule has 0 atom stereocenters. The standard InChI is InChI=1S/C28H21F2N9O2/c29-17-12-22-23(33-13-17)21(11-16-6-1-3-7-19(16)30)37-39(22)27-35-25(31)24(26(32)36-27)38(28(40)41)14-18-10-9-15-5-2-4-8-20(15)34-18/h1-10,12-13H,11,14H2,(H,40,41)(H4,31,32,35,36). The molecule has 41 heavy (non-hydrogen) atoms. The van der Waals surface area contributed by atoms with Crippen LogP contribution in [-0.4, -0.2) is 40.9 Å². The van der Waals surface area contributed by atoms with Gasteiger partial charge in [0, 0.05) is 17.9 Å². The Bertz CT molecular complexity index is 1940. The summed E-state index contributed by atoms with van der Waals surface area (Å²) in [6.07, 6.45) is -0.265. The Kier molecular flexibility index (Phi) is 6.30. The fourth-order valence-corrected chi connectivity index (χ4v) is 4.58. The Morgan fingerprint density at radius 2 is 1.68 bits per heavy atom. The zero-order valence-electron chi connectivity index (χ0n) is 21.2. The lowest BCUT2D eigenvalue weighted by Crippen LogP contribution is -2.31. The van der Waals surface area contributed by atoms with Gasteiger partial charge in [-0.05, 0) is 23.8 Å². The minimum atomic E-state index is -1.35. The molecule has 1 amide bonds. The summed E-state index contributed by atoms with van der Waals surface area (Å²) in [5, 5.41) is 15.4. The lowest BCUT2D eigenvalue weighted by molar-refractivity contribution is 0.201. The third-order valence-electron chi connectivity index (χ3n) is 6.46. The van der Waals surface area contributed by atoms with E-state index in [1.165, 1.54) is 16.8 Å². The number of benzene rings is 2. The van der Waals surface area contributed by atoms with Crippen LogP contribution in [0.4, 0.5) is 30.9 Å². The highest BCUT2D eigenvalue weighted by molar-refractivity contribution is 5.94. The van der Waals surface area contributed by atoms with E-state index in [0.29, 0.717) is 28.0 Å². The fraction of sp³-hybridized carbons (Fsp3) is 0.0714. The number of halogens is 2. The molecule has 0 fully saturated rings. The summed E-state index contributed by atoms with van der Waals surface area (Å²) in [6, 6.07) is 18.3. The van der Waals surface area contributed by atoms with Gasteiger partial charge in [-0.3, -0.25) is 9.88 Å². The number of carboxylic acid groups (broad SMARTS) is 1. The minimum absolute atomic E-state index is 0.0589. The molecule has 13 heteroatoms. The minimum Gasteiger partial charge on any atom is -0.465 e. The smallest absolute Gasteiger partial charge is 0.412 e. The van der Waals surface area contributed by atoms with Gasteiger partial charge in [0.2, 0.25) is 0 Å². The Balaban J connectivity index is 1.40. The molecule has 0 aliphatic carbocycles. The highest BCUT2D eigenvalue weighted by atomic mass is 19.1. The lowest BCUT2D eigenvalue weighted by atomic mass is 10.1. The number of aromatic nitrogens is 6. The van der Waals surface area contributed by atoms with Crippen molar-refractivity contribution in [2.75, 3.05) is 16.4 Å². The number of hydrogen-bond acceptors (Lipinski definition) is 8. The molecule has 0 radical (unpaired) electrons. The normalized spacial score (nSPS) is 11.3. The van der Waals surface area contributed by atoms with Crippen LogP contribution in [0.1, 0.15) is 17.0 Å². The van der Waals surface area contributed by atoms with Crippen LogP contribution in [-0.2, 0) is 13.0 Å². The second-order valence-corrected chi connectivity index (χ2v) is 9.15. The van der Waals surface area contributed by atoms with Gasteiger partial charge in [-0.15, -0.1) is 0 Å². The van der Waals surface area contributed by atoms with E-state index in [-0.39, 0.29) is 41.8 Å². The van der Waals surface area contributed by atoms with E-state index in [1.807, 2.05) is 30.3 Å². The van der Waals surface area contributed by atoms with Gasteiger partial charge in [-0.2, -0.15) is 19.7 Å². The first-order valence-corrected chi connectivity index (χ1v) is 12.3. The summed E-state index contributed by atoms with van der Waals surface area (Å²) < 4.78 is 29.8. The maximum atomic E-state index is 14.4. The molecule has 0 bridgehead atoms. The van der Waals surface area contributed by atoms with Crippen molar-refractivity contribution in [2.24, 2.45) is 0 Å². The number of pyridine rings is 2. The molecule has 5 N–H and O–H groups in total. The highest BCUT2D eigenvalue weighted by Crippen LogP contribution is 2.31. The molecule has 6 aromatic rings. The van der Waals surface area contributed by atoms with Gasteiger partial charge in [0.05, 0.1) is 35.2 Å². The lowest BCUT2D eigenvalue weighted by Gasteiger charge is -2.21. The number of nitrogens with two attached hydrogens (primary N) is 2. The molecule has 6 rings (SSSR count). The zero-order chi connectivity index (χ0) is 28.7. The molecule has 0 saturated carbocycles. The molecule has 4 heterocycles. The van der Waals surface area contributed by atoms with E-state index < -0.39 is 17.7 Å². The van der Waals surface area contributed by atoms with Crippen LogP contribution in [0.25, 0.3) is 27.9 Å². The first kappa shape index (κ1) is 25.6. The van der Waals surface area contributed by atoms with Crippen LogP contribution in [0.5, 0.6) is 0 Å². The molecule has 0 aliphatic heterocycles. The molecule has 0 aliphatic rings. The first-order chi connectivity index (χ1) is 19.8. The maximum Gasteiger partial charge on any atom is 0.412 e. The summed E-state index contributed by atoms with van der Waals surface area (Å²) in [5.74, 6) is -1.72. The summed E-state index contributed by atoms with van der Waals surface area (Å²) >= 11 is 0. The predicted octanol–water partition coefficient (Wildman–Crippen LogP) is 4.48. The van der Waals surface area contributed by atoms with Crippen LogP contribution in [0.3, 0.4) is 0 Å². The van der Waals surface area contributed by atoms with Gasteiger partial charge in [0.15, 0.2) is 11.6 Å². The number of para-hydroxylation sites is 1. The van der Waals surface area contributed by atoms with Crippen molar-refractivity contribution in [3.05, 3.63) is 102 Å². The Morgan fingerprint density at radius 1 is 0.951 bits per heavy atom. The quantitative estimate of drug-likeness (QED) is 0.270. The maximum absolute atomic E-state index is 14.4. The molecule has 204 valence electrons. The topological polar surface area (TPSA) is 162 Å². The SMILES string of the molecule is Nc1nc(-n2nc(Cc3ccccc3F)c3ncc(F)cc32)nc(N)c1N(Cc1ccc2ccccc2n1)C(=O)O. The first-order valence-electron chi connectivity index (χ1n) is 12.3. The van der Waals surface area contributed by atoms with E-state index in [2.05, 4.69) is 25.0 Å². The van der Waals surface area contributed by atoms with E-state index in [9.17, 15) is 18.7 Å². The van der Waals surface area contributed by atoms with Crippen molar-refractivity contribution in [1.82, 2.24) is 29.7 Å². The Labute approximate surface area is 230 Å². The van der Waals surface area contributed by atoms with E-state index in [4.69, 9.17) is 11.5 Å². The summed E-state index contributed by atoms with van der Waals surface area (Å²) in [5.41, 5.74) is 14.7. The number of hydrogen-bond donors (Lipinski definition) is 3. The summed E-state index contributed by atoms with van der Waals surface area (Å²) in [7, 11) is 0. The Hall–Kier alpha value is -5.72. The van der Waals surface area contributed by atoms with E-state index in [0.717, 1.165) is 16.5 Å². The third kappa shape index (κ3) is 4.80. The van der Waals surface area contributed by atoms with Gasteiger partial charge in [-0.25, -0.2) is 18.6 Å². The second-order valence-electron chi connectivity index (χ2n) is 9.15. The molecule has 0 unspecified atom stereocenters. The molecule has 0 saturated heterocycles. The number of carbonyl (C=O) groups is 1. The van der Waals surface area contributed by atoms with Crippen LogP contribution < -0.4 is 16.4 Å². The van der Waals surface area contributed by atoms with Gasteiger partial charge >= 0.3 is 6.09 Å². The molecule has 4 aromatic heterocycles. The van der Waals surface area contributed by atoms with Crippen molar-refractivity contribution in [3.63, 3.8) is 0 Å². The van der Waals surface area contributed by atoms with Gasteiger partial charge in [0.25, 0.3) is 5.95 Å². The third-order valence-corrected chi connectivity index (χ3v) is 6.46. The van der Waals surface area contributed by atoms with Gasteiger partial charge in [0.1, 0.15) is 22.8 Å². The second kappa shape index (κ2) is 10.1. The molecule has 2 aromatic carbocycles. The van der Waals surface area contributed by atoms with Crippen molar-refractivity contribution in [1.29, 1.82) is 0 Å². The van der Waals surface area contributed by atoms with Crippen LogP contribution >= 0.6 is 0 Å². The number of amides is 1. The number of nitrogen functional groups attached to an aromatic ring is 2. The average Bonchev–Trinajstić information content (AvgIpc) is 3.30. The van der Waals surface area contributed by atoms with Crippen molar-refractivity contribution < 1.29 is 18.7 Å². The summed E-state index contributed by atoms with van der Waals surface area (Å²) in [6.45, 7) is -0.177. The van der Waals surface area contributed by atoms with Crippen LogP contribution in [0, 0.1) is 11.6 Å². The summed E-state index contributed by atoms with van der Waals surface area (Å²) in [4.78, 5) is 30.4. The highest BCUT2D eigenvalue weighted by Gasteiger charge is 2.25. The zero-order valence-corrected chi connectivity index (χ0v) is 21.2. The van der Waals surface area contributed by atoms with Crippen molar-refractivity contribution >= 4 is 45.4 Å². The van der Waals surface area contributed by atoms with Crippen molar-refractivity contribution in [2.45, 2.75) is 13.0 Å². The number of nitrogens with zero attached hydrogens (tertiary/aromatic N) is 7.